The molecule has 120 valence electrons. The molecule has 0 saturated carbocycles. The molecular formula is C15H21N3O2S2. The highest BCUT2D eigenvalue weighted by atomic mass is 32.1. The molecule has 0 aliphatic heterocycles. The number of nitrogens with one attached hydrogen (secondary N) is 2. The van der Waals surface area contributed by atoms with Crippen LogP contribution >= 0.6 is 22.7 Å². The maximum atomic E-state index is 11.8. The van der Waals surface area contributed by atoms with Crippen molar-refractivity contribution in [3.8, 4) is 0 Å². The predicted octanol–water partition coefficient (Wildman–Crippen LogP) is 2.57. The zero-order chi connectivity index (χ0) is 16.2. The van der Waals surface area contributed by atoms with Crippen molar-refractivity contribution < 1.29 is 9.90 Å². The molecule has 2 amide bonds. The zero-order valence-corrected chi connectivity index (χ0v) is 14.6. The average Bonchev–Trinajstić information content (AvgIpc) is 3.07. The van der Waals surface area contributed by atoms with E-state index in [1.54, 1.807) is 18.3 Å². The molecule has 0 bridgehead atoms. The minimum atomic E-state index is -1.05. The molecule has 2 aromatic rings. The van der Waals surface area contributed by atoms with Crippen LogP contribution in [0.3, 0.4) is 0 Å². The fourth-order valence-electron chi connectivity index (χ4n) is 2.08. The molecule has 0 radical (unpaired) electrons. The van der Waals surface area contributed by atoms with Gasteiger partial charge in [0.1, 0.15) is 5.60 Å². The van der Waals surface area contributed by atoms with Crippen molar-refractivity contribution in [1.82, 2.24) is 15.6 Å². The van der Waals surface area contributed by atoms with Crippen molar-refractivity contribution in [1.29, 1.82) is 0 Å². The van der Waals surface area contributed by atoms with Crippen molar-refractivity contribution in [2.75, 3.05) is 13.1 Å². The molecule has 0 saturated heterocycles. The summed E-state index contributed by atoms with van der Waals surface area (Å²) in [6, 6.07) is 1.59. The maximum Gasteiger partial charge on any atom is 0.314 e. The maximum absolute atomic E-state index is 11.8. The molecule has 3 N–H and O–H groups in total. The van der Waals surface area contributed by atoms with E-state index in [0.29, 0.717) is 6.54 Å². The van der Waals surface area contributed by atoms with Crippen LogP contribution in [0.2, 0.25) is 0 Å². The number of aliphatic hydroxyl groups is 1. The number of carbonyl (C=O) groups excluding carboxylic acids is 1. The fraction of sp³-hybridized carbons (Fsp3) is 0.467. The largest absolute Gasteiger partial charge is 0.384 e. The standard InChI is InChI=1S/C15H21N3O2S2/c1-10-13(22-11(2)18-10)4-6-16-14(19)17-9-15(3,20)12-5-7-21-8-12/h5,7-8,20H,4,6,9H2,1-3H3,(H2,16,17,19)/t15-/m0/s1. The number of hydrogen-bond acceptors (Lipinski definition) is 5. The second-order valence-corrected chi connectivity index (χ2v) is 7.45. The van der Waals surface area contributed by atoms with Crippen LogP contribution in [0.1, 0.15) is 28.1 Å². The van der Waals surface area contributed by atoms with Gasteiger partial charge in [-0.1, -0.05) is 0 Å². The van der Waals surface area contributed by atoms with Gasteiger partial charge in [0.05, 0.1) is 17.2 Å². The van der Waals surface area contributed by atoms with E-state index in [2.05, 4.69) is 15.6 Å². The van der Waals surface area contributed by atoms with Gasteiger partial charge < -0.3 is 15.7 Å². The molecular weight excluding hydrogens is 318 g/mol. The van der Waals surface area contributed by atoms with Crippen molar-refractivity contribution in [3.63, 3.8) is 0 Å². The lowest BCUT2D eigenvalue weighted by Gasteiger charge is -2.22. The molecule has 0 spiro atoms. The van der Waals surface area contributed by atoms with Gasteiger partial charge in [-0.25, -0.2) is 9.78 Å². The van der Waals surface area contributed by atoms with Crippen molar-refractivity contribution >= 4 is 28.7 Å². The Morgan fingerprint density at radius 3 is 2.77 bits per heavy atom. The van der Waals surface area contributed by atoms with Gasteiger partial charge in [0.25, 0.3) is 0 Å². The average molecular weight is 339 g/mol. The summed E-state index contributed by atoms with van der Waals surface area (Å²) in [5, 5.41) is 20.7. The number of carbonyl (C=O) groups is 1. The van der Waals surface area contributed by atoms with E-state index in [1.165, 1.54) is 16.2 Å². The molecule has 0 aliphatic rings. The van der Waals surface area contributed by atoms with E-state index < -0.39 is 5.60 Å². The molecule has 22 heavy (non-hydrogen) atoms. The monoisotopic (exact) mass is 339 g/mol. The van der Waals surface area contributed by atoms with Crippen LogP contribution < -0.4 is 10.6 Å². The third kappa shape index (κ3) is 4.53. The number of amides is 2. The van der Waals surface area contributed by atoms with Gasteiger partial charge in [0.2, 0.25) is 0 Å². The molecule has 2 aromatic heterocycles. The molecule has 0 unspecified atom stereocenters. The van der Waals surface area contributed by atoms with Gasteiger partial charge in [0, 0.05) is 17.8 Å². The van der Waals surface area contributed by atoms with E-state index in [0.717, 1.165) is 22.7 Å². The van der Waals surface area contributed by atoms with E-state index >= 15 is 0 Å². The van der Waals surface area contributed by atoms with E-state index in [1.807, 2.05) is 30.7 Å². The number of aryl methyl sites for hydroxylation is 2. The highest BCUT2D eigenvalue weighted by Crippen LogP contribution is 2.22. The lowest BCUT2D eigenvalue weighted by atomic mass is 9.99. The summed E-state index contributed by atoms with van der Waals surface area (Å²) in [6.45, 7) is 6.38. The first kappa shape index (κ1) is 16.9. The Balaban J connectivity index is 1.73. The SMILES string of the molecule is Cc1nc(C)c(CCNC(=O)NC[C@](C)(O)c2ccsc2)s1. The topological polar surface area (TPSA) is 74.2 Å². The number of aromatic nitrogens is 1. The second-order valence-electron chi connectivity index (χ2n) is 5.39. The van der Waals surface area contributed by atoms with Crippen molar-refractivity contribution in [3.05, 3.63) is 38.0 Å². The highest BCUT2D eigenvalue weighted by molar-refractivity contribution is 7.11. The summed E-state index contributed by atoms with van der Waals surface area (Å²) < 4.78 is 0. The molecule has 2 heterocycles. The summed E-state index contributed by atoms with van der Waals surface area (Å²) >= 11 is 3.18. The number of nitrogens with zero attached hydrogens (tertiary/aromatic N) is 1. The summed E-state index contributed by atoms with van der Waals surface area (Å²) in [6.07, 6.45) is 0.770. The first-order chi connectivity index (χ1) is 10.4. The van der Waals surface area contributed by atoms with Crippen LogP contribution in [0, 0.1) is 13.8 Å². The first-order valence-electron chi connectivity index (χ1n) is 7.08. The van der Waals surface area contributed by atoms with Crippen LogP contribution in [-0.4, -0.2) is 29.2 Å². The Kier molecular flexibility index (Phi) is 5.55. The van der Waals surface area contributed by atoms with Crippen LogP contribution in [0.4, 0.5) is 4.79 Å². The third-order valence-corrected chi connectivity index (χ3v) is 5.19. The van der Waals surface area contributed by atoms with Gasteiger partial charge in [0.15, 0.2) is 0 Å². The van der Waals surface area contributed by atoms with Crippen molar-refractivity contribution in [2.45, 2.75) is 32.8 Å². The molecule has 1 atom stereocenters. The highest BCUT2D eigenvalue weighted by Gasteiger charge is 2.24. The van der Waals surface area contributed by atoms with Gasteiger partial charge in [-0.15, -0.1) is 11.3 Å². The van der Waals surface area contributed by atoms with E-state index in [4.69, 9.17) is 0 Å². The summed E-state index contributed by atoms with van der Waals surface area (Å²) in [7, 11) is 0. The number of hydrogen-bond donors (Lipinski definition) is 3. The zero-order valence-electron chi connectivity index (χ0n) is 13.0. The lowest BCUT2D eigenvalue weighted by Crippen LogP contribution is -2.43. The van der Waals surface area contributed by atoms with Crippen LogP contribution in [0.15, 0.2) is 16.8 Å². The Morgan fingerprint density at radius 2 is 2.18 bits per heavy atom. The van der Waals surface area contributed by atoms with E-state index in [-0.39, 0.29) is 12.6 Å². The third-order valence-electron chi connectivity index (χ3n) is 3.37. The smallest absolute Gasteiger partial charge is 0.314 e. The molecule has 7 heteroatoms. The van der Waals surface area contributed by atoms with Gasteiger partial charge in [-0.3, -0.25) is 0 Å². The predicted molar refractivity (Wildman–Crippen MR) is 90.6 cm³/mol. The molecule has 5 nitrogen and oxygen atoms in total. The Morgan fingerprint density at radius 1 is 1.41 bits per heavy atom. The molecule has 0 fully saturated rings. The number of urea groups is 1. The Labute approximate surface area is 138 Å². The molecule has 0 aromatic carbocycles. The summed E-state index contributed by atoms with van der Waals surface area (Å²) in [5.74, 6) is 0. The fourth-order valence-corrected chi connectivity index (χ4v) is 3.80. The minimum Gasteiger partial charge on any atom is -0.384 e. The van der Waals surface area contributed by atoms with Gasteiger partial charge >= 0.3 is 6.03 Å². The number of thiophene rings is 1. The number of rotatable bonds is 6. The van der Waals surface area contributed by atoms with E-state index in [9.17, 15) is 9.90 Å². The Bertz CT molecular complexity index is 621. The summed E-state index contributed by atoms with van der Waals surface area (Å²) in [4.78, 5) is 17.4. The second kappa shape index (κ2) is 7.21. The van der Waals surface area contributed by atoms with Crippen LogP contribution in [-0.2, 0) is 12.0 Å². The van der Waals surface area contributed by atoms with Gasteiger partial charge in [-0.05, 0) is 43.2 Å². The van der Waals surface area contributed by atoms with Crippen LogP contribution in [0.5, 0.6) is 0 Å². The molecule has 0 aliphatic carbocycles. The Hall–Kier alpha value is -1.44. The normalized spacial score (nSPS) is 13.6. The number of thiazole rings is 1. The minimum absolute atomic E-state index is 0.175. The van der Waals surface area contributed by atoms with Gasteiger partial charge in [-0.2, -0.15) is 11.3 Å². The molecule has 2 rings (SSSR count). The summed E-state index contributed by atoms with van der Waals surface area (Å²) in [5.41, 5.74) is 0.793. The van der Waals surface area contributed by atoms with Crippen molar-refractivity contribution in [2.24, 2.45) is 0 Å². The first-order valence-corrected chi connectivity index (χ1v) is 8.84. The quantitative estimate of drug-likeness (QED) is 0.757. The lowest BCUT2D eigenvalue weighted by molar-refractivity contribution is 0.0598. The van der Waals surface area contributed by atoms with Crippen LogP contribution in [0.25, 0.3) is 0 Å².